The molecule has 3 aromatic heterocycles. The van der Waals surface area contributed by atoms with E-state index in [1.54, 1.807) is 53.1 Å². The summed E-state index contributed by atoms with van der Waals surface area (Å²) in [6.07, 6.45) is 5.02. The predicted octanol–water partition coefficient (Wildman–Crippen LogP) is 4.09. The molecule has 0 spiro atoms. The zero-order valence-electron chi connectivity index (χ0n) is 16.1. The van der Waals surface area contributed by atoms with Crippen molar-refractivity contribution in [1.29, 1.82) is 0 Å². The minimum Gasteiger partial charge on any atom is -0.493 e. The van der Waals surface area contributed by atoms with Crippen LogP contribution in [0.5, 0.6) is 5.75 Å². The first-order chi connectivity index (χ1) is 14.5. The van der Waals surface area contributed by atoms with Crippen LogP contribution in [0.25, 0.3) is 21.9 Å². The number of pyridine rings is 1. The van der Waals surface area contributed by atoms with E-state index in [0.29, 0.717) is 38.5 Å². The van der Waals surface area contributed by atoms with Gasteiger partial charge in [-0.3, -0.25) is 9.67 Å². The largest absolute Gasteiger partial charge is 0.493 e. The Bertz CT molecular complexity index is 1240. The van der Waals surface area contributed by atoms with Gasteiger partial charge in [0.05, 0.1) is 43.3 Å². The lowest BCUT2D eigenvalue weighted by molar-refractivity contribution is -0.147. The van der Waals surface area contributed by atoms with Crippen LogP contribution >= 0.6 is 11.6 Å². The van der Waals surface area contributed by atoms with Gasteiger partial charge in [0.2, 0.25) is 0 Å². The number of hydrogen-bond acceptors (Lipinski definition) is 5. The van der Waals surface area contributed by atoms with Crippen LogP contribution < -0.4 is 4.74 Å². The molecule has 0 bridgehead atoms. The van der Waals surface area contributed by atoms with Gasteiger partial charge in [-0.15, -0.1) is 0 Å². The molecule has 0 unspecified atom stereocenters. The number of rotatable bonds is 4. The number of nitrogens with zero attached hydrogens (tertiary/aromatic N) is 5. The molecule has 1 aliphatic rings. The number of methoxy groups -OCH3 is 1. The summed E-state index contributed by atoms with van der Waals surface area (Å²) in [6, 6.07) is 4.13. The predicted molar refractivity (Wildman–Crippen MR) is 107 cm³/mol. The lowest BCUT2D eigenvalue weighted by atomic mass is 10.0. The summed E-state index contributed by atoms with van der Waals surface area (Å²) < 4.78 is 43.4. The van der Waals surface area contributed by atoms with E-state index in [1.165, 1.54) is 0 Å². The summed E-state index contributed by atoms with van der Waals surface area (Å²) in [7, 11) is 1.54. The number of fused-ring (bicyclic) bond motifs is 3. The zero-order valence-corrected chi connectivity index (χ0v) is 16.8. The van der Waals surface area contributed by atoms with E-state index in [4.69, 9.17) is 21.1 Å². The highest BCUT2D eigenvalue weighted by molar-refractivity contribution is 6.31. The highest BCUT2D eigenvalue weighted by atomic mass is 35.5. The Morgan fingerprint density at radius 1 is 1.30 bits per heavy atom. The number of hydrogen-bond donors (Lipinski definition) is 0. The quantitative estimate of drug-likeness (QED) is 0.485. The van der Waals surface area contributed by atoms with E-state index in [9.17, 15) is 8.78 Å². The van der Waals surface area contributed by atoms with Crippen molar-refractivity contribution < 1.29 is 18.3 Å². The van der Waals surface area contributed by atoms with Gasteiger partial charge in [0.15, 0.2) is 5.75 Å². The van der Waals surface area contributed by atoms with Crippen molar-refractivity contribution in [3.05, 3.63) is 47.6 Å². The topological polar surface area (TPSA) is 67.0 Å². The second-order valence-corrected chi connectivity index (χ2v) is 7.68. The van der Waals surface area contributed by atoms with Crippen molar-refractivity contribution in [3.63, 3.8) is 0 Å². The molecule has 0 N–H and O–H groups in total. The van der Waals surface area contributed by atoms with E-state index in [-0.39, 0.29) is 19.6 Å². The van der Waals surface area contributed by atoms with Gasteiger partial charge in [-0.2, -0.15) is 5.10 Å². The molecule has 7 nitrogen and oxygen atoms in total. The summed E-state index contributed by atoms with van der Waals surface area (Å²) >= 11 is 6.21. The standard InChI is InChI=1S/C20H18ClF2N5O2/c1-29-13-7-25-27(9-13)10-18-26-16-8-24-15-3-2-12(21)6-14(15)19(16)28(18)17-4-5-30-11-20(17,22)23/h2-3,6-9,17H,4-5,10-11H2,1H3/t17-/m1/s1. The van der Waals surface area contributed by atoms with E-state index < -0.39 is 18.6 Å². The second-order valence-electron chi connectivity index (χ2n) is 7.25. The summed E-state index contributed by atoms with van der Waals surface area (Å²) in [6.45, 7) is -0.178. The average molecular weight is 434 g/mol. The van der Waals surface area contributed by atoms with Crippen molar-refractivity contribution in [2.45, 2.75) is 24.9 Å². The van der Waals surface area contributed by atoms with Crippen LogP contribution in [0.3, 0.4) is 0 Å². The third kappa shape index (κ3) is 3.18. The van der Waals surface area contributed by atoms with Gasteiger partial charge in [-0.05, 0) is 24.6 Å². The highest BCUT2D eigenvalue weighted by Crippen LogP contribution is 2.40. The lowest BCUT2D eigenvalue weighted by Crippen LogP contribution is -2.41. The third-order valence-electron chi connectivity index (χ3n) is 5.33. The molecule has 4 aromatic rings. The number of ether oxygens (including phenoxy) is 2. The Balaban J connectivity index is 1.76. The molecule has 0 aliphatic carbocycles. The van der Waals surface area contributed by atoms with Crippen molar-refractivity contribution in [1.82, 2.24) is 24.3 Å². The molecule has 1 fully saturated rings. The molecule has 1 aliphatic heterocycles. The van der Waals surface area contributed by atoms with Crippen LogP contribution in [0, 0.1) is 0 Å². The average Bonchev–Trinajstić information content (AvgIpc) is 3.32. The van der Waals surface area contributed by atoms with Gasteiger partial charge in [0.25, 0.3) is 5.92 Å². The van der Waals surface area contributed by atoms with E-state index in [0.717, 1.165) is 0 Å². The van der Waals surface area contributed by atoms with Gasteiger partial charge in [-0.1, -0.05) is 11.6 Å². The maximum Gasteiger partial charge on any atom is 0.291 e. The van der Waals surface area contributed by atoms with E-state index in [2.05, 4.69) is 15.1 Å². The first kappa shape index (κ1) is 19.2. The Hall–Kier alpha value is -2.78. The zero-order chi connectivity index (χ0) is 20.9. The summed E-state index contributed by atoms with van der Waals surface area (Å²) in [5.41, 5.74) is 1.78. The maximum absolute atomic E-state index is 15.0. The maximum atomic E-state index is 15.0. The Labute approximate surface area is 175 Å². The van der Waals surface area contributed by atoms with Crippen molar-refractivity contribution in [2.75, 3.05) is 20.3 Å². The number of benzene rings is 1. The number of alkyl halides is 2. The number of imidazole rings is 1. The first-order valence-electron chi connectivity index (χ1n) is 9.43. The van der Waals surface area contributed by atoms with Crippen LogP contribution in [0.4, 0.5) is 8.78 Å². The van der Waals surface area contributed by atoms with Crippen LogP contribution in [-0.2, 0) is 11.3 Å². The highest BCUT2D eigenvalue weighted by Gasteiger charge is 2.45. The van der Waals surface area contributed by atoms with Gasteiger partial charge in [0, 0.05) is 17.0 Å². The smallest absolute Gasteiger partial charge is 0.291 e. The normalized spacial score (nSPS) is 18.9. The monoisotopic (exact) mass is 433 g/mol. The van der Waals surface area contributed by atoms with E-state index in [1.807, 2.05) is 0 Å². The van der Waals surface area contributed by atoms with Gasteiger partial charge in [0.1, 0.15) is 24.0 Å². The van der Waals surface area contributed by atoms with Crippen LogP contribution in [0.2, 0.25) is 5.02 Å². The van der Waals surface area contributed by atoms with Crippen LogP contribution in [0.15, 0.2) is 36.8 Å². The molecular formula is C20H18ClF2N5O2. The Morgan fingerprint density at radius 3 is 2.93 bits per heavy atom. The first-order valence-corrected chi connectivity index (χ1v) is 9.81. The van der Waals surface area contributed by atoms with Crippen LogP contribution in [0.1, 0.15) is 18.3 Å². The molecule has 0 amide bonds. The van der Waals surface area contributed by atoms with Crippen molar-refractivity contribution in [2.24, 2.45) is 0 Å². The fourth-order valence-electron chi connectivity index (χ4n) is 3.95. The number of aromatic nitrogens is 5. The molecule has 0 radical (unpaired) electrons. The molecule has 4 heterocycles. The van der Waals surface area contributed by atoms with Crippen molar-refractivity contribution >= 4 is 33.5 Å². The summed E-state index contributed by atoms with van der Waals surface area (Å²) in [5.74, 6) is -2.01. The minimum absolute atomic E-state index is 0.165. The minimum atomic E-state index is -3.05. The molecule has 10 heteroatoms. The molecule has 156 valence electrons. The summed E-state index contributed by atoms with van der Waals surface area (Å²) in [5, 5.41) is 5.42. The molecule has 5 rings (SSSR count). The second kappa shape index (κ2) is 7.17. The van der Waals surface area contributed by atoms with Gasteiger partial charge >= 0.3 is 0 Å². The molecule has 1 atom stereocenters. The number of halogens is 3. The Kier molecular flexibility index (Phi) is 4.59. The SMILES string of the molecule is COc1cnn(Cc2nc3cnc4ccc(Cl)cc4c3n2[C@@H]2CCOCC2(F)F)c1. The molecule has 0 saturated carbocycles. The van der Waals surface area contributed by atoms with Gasteiger partial charge in [-0.25, -0.2) is 13.8 Å². The van der Waals surface area contributed by atoms with Gasteiger partial charge < -0.3 is 14.0 Å². The third-order valence-corrected chi connectivity index (χ3v) is 5.56. The van der Waals surface area contributed by atoms with Crippen LogP contribution in [-0.4, -0.2) is 50.6 Å². The fraction of sp³-hybridized carbons (Fsp3) is 0.350. The molecule has 1 aromatic carbocycles. The molecule has 30 heavy (non-hydrogen) atoms. The fourth-order valence-corrected chi connectivity index (χ4v) is 4.13. The Morgan fingerprint density at radius 2 is 2.17 bits per heavy atom. The molecule has 1 saturated heterocycles. The summed E-state index contributed by atoms with van der Waals surface area (Å²) in [4.78, 5) is 9.07. The van der Waals surface area contributed by atoms with Crippen molar-refractivity contribution in [3.8, 4) is 5.75 Å². The van der Waals surface area contributed by atoms with E-state index >= 15 is 0 Å². The molecular weight excluding hydrogens is 416 g/mol. The lowest BCUT2D eigenvalue weighted by Gasteiger charge is -2.33.